The van der Waals surface area contributed by atoms with Gasteiger partial charge >= 0.3 is 5.97 Å². The lowest BCUT2D eigenvalue weighted by molar-refractivity contribution is -0.114. The first-order valence-electron chi connectivity index (χ1n) is 10.0. The van der Waals surface area contributed by atoms with Crippen molar-refractivity contribution in [1.29, 1.82) is 0 Å². The van der Waals surface area contributed by atoms with E-state index in [2.05, 4.69) is 18.9 Å². The van der Waals surface area contributed by atoms with Crippen LogP contribution in [-0.4, -0.2) is 22.7 Å². The highest BCUT2D eigenvalue weighted by Crippen LogP contribution is 2.29. The number of nitrogens with zero attached hydrogens (tertiary/aromatic N) is 2. The number of furan rings is 1. The largest absolute Gasteiger partial charge is 0.478 e. The fourth-order valence-electron chi connectivity index (χ4n) is 3.39. The lowest BCUT2D eigenvalue weighted by Crippen LogP contribution is -2.21. The third-order valence-corrected chi connectivity index (χ3v) is 4.89. The summed E-state index contributed by atoms with van der Waals surface area (Å²) in [4.78, 5) is 24.3. The Balaban J connectivity index is 1.66. The van der Waals surface area contributed by atoms with Crippen molar-refractivity contribution in [3.63, 3.8) is 0 Å². The molecule has 4 rings (SSSR count). The first-order valence-corrected chi connectivity index (χ1v) is 10.0. The molecule has 1 aromatic heterocycles. The van der Waals surface area contributed by atoms with E-state index < -0.39 is 5.97 Å². The molecule has 2 heterocycles. The van der Waals surface area contributed by atoms with Gasteiger partial charge in [0.2, 0.25) is 0 Å². The number of carboxylic acid groups (broad SMARTS) is 1. The number of hydrazone groups is 1. The van der Waals surface area contributed by atoms with E-state index in [-0.39, 0.29) is 11.5 Å². The number of anilines is 1. The van der Waals surface area contributed by atoms with E-state index in [4.69, 9.17) is 9.52 Å². The number of carboxylic acids is 1. The van der Waals surface area contributed by atoms with E-state index in [9.17, 15) is 9.59 Å². The summed E-state index contributed by atoms with van der Waals surface area (Å²) in [5, 5.41) is 15.0. The van der Waals surface area contributed by atoms with Gasteiger partial charge in [0.05, 0.1) is 22.5 Å². The van der Waals surface area contributed by atoms with Gasteiger partial charge in [0.25, 0.3) is 5.91 Å². The van der Waals surface area contributed by atoms with Crippen molar-refractivity contribution in [3.8, 4) is 11.3 Å². The smallest absolute Gasteiger partial charge is 0.335 e. The summed E-state index contributed by atoms with van der Waals surface area (Å²) in [6.07, 6.45) is 2.36. The van der Waals surface area contributed by atoms with Crippen LogP contribution >= 0.6 is 0 Å². The second-order valence-corrected chi connectivity index (χ2v) is 7.74. The third-order valence-electron chi connectivity index (χ3n) is 4.89. The number of hydrogen-bond donors (Lipinski definition) is 1. The summed E-state index contributed by atoms with van der Waals surface area (Å²) >= 11 is 0. The topological polar surface area (TPSA) is 83.1 Å². The molecular formula is C25H22N2O4. The van der Waals surface area contributed by atoms with E-state index in [1.807, 2.05) is 42.5 Å². The quantitative estimate of drug-likeness (QED) is 0.542. The molecule has 0 unspecified atom stereocenters. The molecule has 0 saturated carbocycles. The molecule has 1 aliphatic heterocycles. The average Bonchev–Trinajstić information content (AvgIpc) is 3.35. The lowest BCUT2D eigenvalue weighted by Gasteiger charge is -2.11. The second kappa shape index (κ2) is 8.44. The van der Waals surface area contributed by atoms with Gasteiger partial charge in [-0.15, -0.1) is 0 Å². The number of hydrogen-bond acceptors (Lipinski definition) is 4. The molecule has 2 aromatic carbocycles. The Morgan fingerprint density at radius 2 is 1.77 bits per heavy atom. The molecule has 0 spiro atoms. The van der Waals surface area contributed by atoms with Crippen molar-refractivity contribution in [2.24, 2.45) is 11.0 Å². The van der Waals surface area contributed by atoms with Crippen LogP contribution in [0.25, 0.3) is 17.4 Å². The second-order valence-electron chi connectivity index (χ2n) is 7.74. The first kappa shape index (κ1) is 20.3. The van der Waals surface area contributed by atoms with Crippen molar-refractivity contribution in [3.05, 3.63) is 83.6 Å². The predicted octanol–water partition coefficient (Wildman–Crippen LogP) is 5.48. The lowest BCUT2D eigenvalue weighted by atomic mass is 10.00. The summed E-state index contributed by atoms with van der Waals surface area (Å²) < 4.78 is 5.95. The van der Waals surface area contributed by atoms with E-state index >= 15 is 0 Å². The molecule has 0 radical (unpaired) electrons. The van der Waals surface area contributed by atoms with Crippen molar-refractivity contribution >= 4 is 29.4 Å². The van der Waals surface area contributed by atoms with Crippen LogP contribution in [-0.2, 0) is 4.79 Å². The van der Waals surface area contributed by atoms with E-state index in [0.717, 1.165) is 11.3 Å². The minimum absolute atomic E-state index is 0.154. The maximum Gasteiger partial charge on any atom is 0.335 e. The van der Waals surface area contributed by atoms with Gasteiger partial charge in [-0.25, -0.2) is 4.79 Å². The fourth-order valence-corrected chi connectivity index (χ4v) is 3.39. The number of rotatable bonds is 6. The molecule has 1 aliphatic rings. The summed E-state index contributed by atoms with van der Waals surface area (Å²) in [5.41, 5.74) is 2.79. The van der Waals surface area contributed by atoms with Crippen LogP contribution < -0.4 is 5.01 Å². The maximum absolute atomic E-state index is 13.2. The van der Waals surface area contributed by atoms with Gasteiger partial charge in [0, 0.05) is 5.56 Å². The SMILES string of the molecule is CC(C)CC1=NN(c2ccc(C(=O)O)cc2)C(=O)C1=Cc1ccc(-c2ccccc2)o1. The van der Waals surface area contributed by atoms with Crippen molar-refractivity contribution in [2.75, 3.05) is 5.01 Å². The van der Waals surface area contributed by atoms with Crippen LogP contribution in [0.3, 0.4) is 0 Å². The number of carbonyl (C=O) groups excluding carboxylic acids is 1. The Labute approximate surface area is 180 Å². The monoisotopic (exact) mass is 414 g/mol. The Hall–Kier alpha value is -3.93. The van der Waals surface area contributed by atoms with Crippen LogP contribution in [0.15, 0.2) is 81.8 Å². The summed E-state index contributed by atoms with van der Waals surface area (Å²) in [6, 6.07) is 19.6. The highest BCUT2D eigenvalue weighted by molar-refractivity contribution is 6.32. The molecule has 0 saturated heterocycles. The van der Waals surface area contributed by atoms with E-state index in [1.165, 1.54) is 17.1 Å². The molecule has 156 valence electrons. The van der Waals surface area contributed by atoms with Crippen molar-refractivity contribution in [2.45, 2.75) is 20.3 Å². The first-order chi connectivity index (χ1) is 14.9. The zero-order valence-corrected chi connectivity index (χ0v) is 17.3. The molecule has 3 aromatic rings. The number of benzene rings is 2. The van der Waals surface area contributed by atoms with Gasteiger partial charge in [-0.1, -0.05) is 44.2 Å². The molecule has 0 fully saturated rings. The Morgan fingerprint density at radius 1 is 1.06 bits per heavy atom. The number of amides is 1. The molecule has 6 heteroatoms. The Kier molecular flexibility index (Phi) is 5.54. The van der Waals surface area contributed by atoms with Crippen LogP contribution in [0.1, 0.15) is 36.4 Å². The minimum Gasteiger partial charge on any atom is -0.478 e. The molecule has 0 bridgehead atoms. The van der Waals surface area contributed by atoms with Crippen LogP contribution in [0.2, 0.25) is 0 Å². The molecule has 0 aliphatic carbocycles. The standard InChI is InChI=1S/C25H22N2O4/c1-16(2)14-22-21(15-20-12-13-23(31-20)17-6-4-3-5-7-17)24(28)27(26-22)19-10-8-18(9-11-19)25(29)30/h3-13,15-16H,14H2,1-2H3,(H,29,30). The molecule has 0 atom stereocenters. The predicted molar refractivity (Wildman–Crippen MR) is 120 cm³/mol. The van der Waals surface area contributed by atoms with Crippen LogP contribution in [0.5, 0.6) is 0 Å². The highest BCUT2D eigenvalue weighted by Gasteiger charge is 2.31. The summed E-state index contributed by atoms with van der Waals surface area (Å²) in [5.74, 6) is 0.316. The van der Waals surface area contributed by atoms with Crippen LogP contribution in [0.4, 0.5) is 5.69 Å². The highest BCUT2D eigenvalue weighted by atomic mass is 16.4. The van der Waals surface area contributed by atoms with Gasteiger partial charge in [-0.3, -0.25) is 4.79 Å². The molecule has 31 heavy (non-hydrogen) atoms. The van der Waals surface area contributed by atoms with E-state index in [1.54, 1.807) is 18.2 Å². The Bertz CT molecular complexity index is 1170. The average molecular weight is 414 g/mol. The van der Waals surface area contributed by atoms with Gasteiger partial charge in [0.1, 0.15) is 11.5 Å². The van der Waals surface area contributed by atoms with E-state index in [0.29, 0.717) is 35.1 Å². The van der Waals surface area contributed by atoms with Crippen LogP contribution in [0, 0.1) is 5.92 Å². The van der Waals surface area contributed by atoms with Gasteiger partial charge in [0.15, 0.2) is 0 Å². The minimum atomic E-state index is -1.02. The van der Waals surface area contributed by atoms with Gasteiger partial charge < -0.3 is 9.52 Å². The maximum atomic E-state index is 13.2. The zero-order chi connectivity index (χ0) is 22.0. The molecule has 1 amide bonds. The van der Waals surface area contributed by atoms with Gasteiger partial charge in [-0.2, -0.15) is 10.1 Å². The summed E-state index contributed by atoms with van der Waals surface area (Å²) in [7, 11) is 0. The number of carbonyl (C=O) groups is 2. The molecular weight excluding hydrogens is 392 g/mol. The summed E-state index contributed by atoms with van der Waals surface area (Å²) in [6.45, 7) is 4.13. The zero-order valence-electron chi connectivity index (χ0n) is 17.3. The third kappa shape index (κ3) is 4.33. The molecule has 6 nitrogen and oxygen atoms in total. The Morgan fingerprint density at radius 3 is 2.42 bits per heavy atom. The normalized spacial score (nSPS) is 15.1. The number of aromatic carboxylic acids is 1. The van der Waals surface area contributed by atoms with Crippen molar-refractivity contribution < 1.29 is 19.1 Å². The molecule has 1 N–H and O–H groups in total. The fraction of sp³-hybridized carbons (Fsp3) is 0.160. The van der Waals surface area contributed by atoms with Gasteiger partial charge in [-0.05, 0) is 54.8 Å². The van der Waals surface area contributed by atoms with Crippen molar-refractivity contribution in [1.82, 2.24) is 0 Å².